The van der Waals surface area contributed by atoms with E-state index in [1.54, 1.807) is 0 Å². The van der Waals surface area contributed by atoms with E-state index in [0.717, 1.165) is 26.1 Å². The number of rotatable bonds is 16. The van der Waals surface area contributed by atoms with Gasteiger partial charge in [0.1, 0.15) is 0 Å². The standard InChI is InChI=1S/C17H36O3/c1-4-7-8-9-10-11-12-13-15-20-17(16-18-6-3)19-14-5-2/h17H,4-16H2,1-3H3. The Morgan fingerprint density at radius 3 is 1.85 bits per heavy atom. The maximum absolute atomic E-state index is 5.74. The summed E-state index contributed by atoms with van der Waals surface area (Å²) >= 11 is 0. The van der Waals surface area contributed by atoms with Crippen LogP contribution in [0.1, 0.15) is 78.6 Å². The summed E-state index contributed by atoms with van der Waals surface area (Å²) in [5, 5.41) is 0. The molecule has 3 heteroatoms. The third-order valence-electron chi connectivity index (χ3n) is 3.27. The number of ether oxygens (including phenoxy) is 3. The Balaban J connectivity index is 3.38. The average Bonchev–Trinajstić information content (AvgIpc) is 2.47. The highest BCUT2D eigenvalue weighted by Crippen LogP contribution is 2.09. The van der Waals surface area contributed by atoms with E-state index in [0.29, 0.717) is 13.2 Å². The van der Waals surface area contributed by atoms with Crippen LogP contribution in [0.3, 0.4) is 0 Å². The summed E-state index contributed by atoms with van der Waals surface area (Å²) in [5.41, 5.74) is 0. The molecule has 0 aliphatic carbocycles. The van der Waals surface area contributed by atoms with Gasteiger partial charge in [0.15, 0.2) is 6.29 Å². The lowest BCUT2D eigenvalue weighted by Gasteiger charge is -2.18. The number of unbranched alkanes of at least 4 members (excludes halogenated alkanes) is 7. The zero-order chi connectivity index (χ0) is 14.9. The molecule has 122 valence electrons. The van der Waals surface area contributed by atoms with Gasteiger partial charge < -0.3 is 14.2 Å². The van der Waals surface area contributed by atoms with Crippen LogP contribution < -0.4 is 0 Å². The predicted octanol–water partition coefficient (Wildman–Crippen LogP) is 4.93. The maximum atomic E-state index is 5.74. The second-order valence-electron chi connectivity index (χ2n) is 5.31. The van der Waals surface area contributed by atoms with E-state index in [1.807, 2.05) is 6.92 Å². The maximum Gasteiger partial charge on any atom is 0.180 e. The van der Waals surface area contributed by atoms with Crippen molar-refractivity contribution in [3.05, 3.63) is 0 Å². The molecule has 0 aliphatic rings. The predicted molar refractivity (Wildman–Crippen MR) is 85.1 cm³/mol. The van der Waals surface area contributed by atoms with Gasteiger partial charge in [-0.1, -0.05) is 58.8 Å². The lowest BCUT2D eigenvalue weighted by atomic mass is 10.1. The van der Waals surface area contributed by atoms with E-state index >= 15 is 0 Å². The molecule has 20 heavy (non-hydrogen) atoms. The lowest BCUT2D eigenvalue weighted by Crippen LogP contribution is -2.24. The van der Waals surface area contributed by atoms with Crippen LogP contribution in [0.25, 0.3) is 0 Å². The van der Waals surface area contributed by atoms with Crippen LogP contribution >= 0.6 is 0 Å². The van der Waals surface area contributed by atoms with Gasteiger partial charge in [0, 0.05) is 19.8 Å². The molecular weight excluding hydrogens is 252 g/mol. The van der Waals surface area contributed by atoms with Crippen LogP contribution in [0.15, 0.2) is 0 Å². The summed E-state index contributed by atoms with van der Waals surface area (Å²) in [4.78, 5) is 0. The Hall–Kier alpha value is -0.120. The first-order chi connectivity index (χ1) is 9.85. The van der Waals surface area contributed by atoms with Crippen molar-refractivity contribution in [2.75, 3.05) is 26.4 Å². The zero-order valence-corrected chi connectivity index (χ0v) is 14.0. The fourth-order valence-corrected chi connectivity index (χ4v) is 2.06. The van der Waals surface area contributed by atoms with Gasteiger partial charge in [0.05, 0.1) is 6.61 Å². The molecule has 0 saturated carbocycles. The summed E-state index contributed by atoms with van der Waals surface area (Å²) in [5.74, 6) is 0. The Labute approximate surface area is 126 Å². The van der Waals surface area contributed by atoms with Crippen LogP contribution in [0, 0.1) is 0 Å². The van der Waals surface area contributed by atoms with Crippen molar-refractivity contribution in [2.45, 2.75) is 84.8 Å². The van der Waals surface area contributed by atoms with E-state index in [-0.39, 0.29) is 6.29 Å². The fraction of sp³-hybridized carbons (Fsp3) is 1.00. The molecule has 0 aliphatic heterocycles. The molecule has 0 N–H and O–H groups in total. The Morgan fingerprint density at radius 1 is 0.650 bits per heavy atom. The molecule has 0 aromatic heterocycles. The topological polar surface area (TPSA) is 27.7 Å². The normalized spacial score (nSPS) is 12.8. The van der Waals surface area contributed by atoms with E-state index < -0.39 is 0 Å². The van der Waals surface area contributed by atoms with E-state index in [1.165, 1.54) is 44.9 Å². The summed E-state index contributed by atoms with van der Waals surface area (Å²) in [6.07, 6.45) is 11.4. The van der Waals surface area contributed by atoms with Crippen molar-refractivity contribution in [3.63, 3.8) is 0 Å². The van der Waals surface area contributed by atoms with Gasteiger partial charge in [0.2, 0.25) is 0 Å². The van der Waals surface area contributed by atoms with Gasteiger partial charge >= 0.3 is 0 Å². The van der Waals surface area contributed by atoms with Crippen LogP contribution in [0.4, 0.5) is 0 Å². The fourth-order valence-electron chi connectivity index (χ4n) is 2.06. The molecular formula is C17H36O3. The molecule has 1 atom stereocenters. The van der Waals surface area contributed by atoms with Crippen molar-refractivity contribution in [3.8, 4) is 0 Å². The molecule has 0 rings (SSSR count). The molecule has 0 spiro atoms. The van der Waals surface area contributed by atoms with E-state index in [4.69, 9.17) is 14.2 Å². The monoisotopic (exact) mass is 288 g/mol. The van der Waals surface area contributed by atoms with Crippen LogP contribution in [0.5, 0.6) is 0 Å². The van der Waals surface area contributed by atoms with Crippen LogP contribution in [-0.4, -0.2) is 32.7 Å². The highest BCUT2D eigenvalue weighted by atomic mass is 16.7. The van der Waals surface area contributed by atoms with Crippen molar-refractivity contribution in [2.24, 2.45) is 0 Å². The SMILES string of the molecule is CCCCCCCCCCOC(COCC)OCCC. The van der Waals surface area contributed by atoms with Crippen molar-refractivity contribution < 1.29 is 14.2 Å². The van der Waals surface area contributed by atoms with Gasteiger partial charge in [-0.2, -0.15) is 0 Å². The minimum absolute atomic E-state index is 0.181. The lowest BCUT2D eigenvalue weighted by molar-refractivity contribution is -0.172. The molecule has 1 unspecified atom stereocenters. The first kappa shape index (κ1) is 19.9. The molecule has 0 heterocycles. The quantitative estimate of drug-likeness (QED) is 0.297. The molecule has 3 nitrogen and oxygen atoms in total. The smallest absolute Gasteiger partial charge is 0.180 e. The Kier molecular flexibility index (Phi) is 16.8. The molecule has 0 aromatic rings. The number of hydrogen-bond donors (Lipinski definition) is 0. The summed E-state index contributed by atoms with van der Waals surface area (Å²) in [6, 6.07) is 0. The summed E-state index contributed by atoms with van der Waals surface area (Å²) in [6.45, 7) is 9.16. The molecule has 0 aromatic carbocycles. The van der Waals surface area contributed by atoms with E-state index in [2.05, 4.69) is 13.8 Å². The second kappa shape index (κ2) is 16.9. The molecule has 0 bridgehead atoms. The highest BCUT2D eigenvalue weighted by molar-refractivity contribution is 4.48. The van der Waals surface area contributed by atoms with Gasteiger partial charge in [0.25, 0.3) is 0 Å². The van der Waals surface area contributed by atoms with Crippen molar-refractivity contribution >= 4 is 0 Å². The zero-order valence-electron chi connectivity index (χ0n) is 14.0. The van der Waals surface area contributed by atoms with Gasteiger partial charge in [-0.15, -0.1) is 0 Å². The third kappa shape index (κ3) is 14.3. The Morgan fingerprint density at radius 2 is 1.25 bits per heavy atom. The Bertz CT molecular complexity index is 166. The highest BCUT2D eigenvalue weighted by Gasteiger charge is 2.08. The second-order valence-corrected chi connectivity index (χ2v) is 5.31. The minimum Gasteiger partial charge on any atom is -0.376 e. The minimum atomic E-state index is -0.181. The number of hydrogen-bond acceptors (Lipinski definition) is 3. The first-order valence-electron chi connectivity index (χ1n) is 8.66. The van der Waals surface area contributed by atoms with Gasteiger partial charge in [-0.05, 0) is 19.8 Å². The summed E-state index contributed by atoms with van der Waals surface area (Å²) < 4.78 is 16.7. The van der Waals surface area contributed by atoms with E-state index in [9.17, 15) is 0 Å². The average molecular weight is 288 g/mol. The van der Waals surface area contributed by atoms with Crippen LogP contribution in [-0.2, 0) is 14.2 Å². The molecule has 0 amide bonds. The van der Waals surface area contributed by atoms with Crippen molar-refractivity contribution in [1.29, 1.82) is 0 Å². The largest absolute Gasteiger partial charge is 0.376 e. The van der Waals surface area contributed by atoms with Crippen molar-refractivity contribution in [1.82, 2.24) is 0 Å². The molecule has 0 fully saturated rings. The molecule has 0 saturated heterocycles. The summed E-state index contributed by atoms with van der Waals surface area (Å²) in [7, 11) is 0. The van der Waals surface area contributed by atoms with Gasteiger partial charge in [-0.25, -0.2) is 0 Å². The van der Waals surface area contributed by atoms with Gasteiger partial charge in [-0.3, -0.25) is 0 Å². The molecule has 0 radical (unpaired) electrons. The third-order valence-corrected chi connectivity index (χ3v) is 3.27. The van der Waals surface area contributed by atoms with Crippen LogP contribution in [0.2, 0.25) is 0 Å². The first-order valence-corrected chi connectivity index (χ1v) is 8.66.